The number of carbonyl (C=O) groups excluding carboxylic acids is 2. The lowest BCUT2D eigenvalue weighted by Gasteiger charge is -2.31. The number of nitrogens with zero attached hydrogens (tertiary/aromatic N) is 3. The maximum Gasteiger partial charge on any atom is 0.256 e. The largest absolute Gasteiger partial charge is 0.423 e. The summed E-state index contributed by atoms with van der Waals surface area (Å²) in [6.45, 7) is 0. The van der Waals surface area contributed by atoms with Gasteiger partial charge in [0.1, 0.15) is 0 Å². The summed E-state index contributed by atoms with van der Waals surface area (Å²) in [5, 5.41) is 10.5. The number of hydrogen-bond acceptors (Lipinski definition) is 6. The predicted molar refractivity (Wildman–Crippen MR) is 124 cm³/mol. The highest BCUT2D eigenvalue weighted by molar-refractivity contribution is 8.00. The van der Waals surface area contributed by atoms with Gasteiger partial charge in [-0.2, -0.15) is 0 Å². The van der Waals surface area contributed by atoms with Crippen LogP contribution in [0.2, 0.25) is 0 Å². The van der Waals surface area contributed by atoms with Crippen molar-refractivity contribution < 1.29 is 14.0 Å². The van der Waals surface area contributed by atoms with Gasteiger partial charge in [-0.25, -0.2) is 0 Å². The molecule has 0 unspecified atom stereocenters. The third-order valence-electron chi connectivity index (χ3n) is 5.75. The highest BCUT2D eigenvalue weighted by Crippen LogP contribution is 2.27. The normalized spacial score (nSPS) is 14.2. The topological polar surface area (TPSA) is 88.3 Å². The number of rotatable bonds is 7. The first kappa shape index (κ1) is 22.1. The average Bonchev–Trinajstić information content (AvgIpc) is 3.38. The minimum Gasteiger partial charge on any atom is -0.423 e. The second-order valence-corrected chi connectivity index (χ2v) is 8.87. The number of thioether (sulfide) groups is 1. The van der Waals surface area contributed by atoms with Gasteiger partial charge in [0.15, 0.2) is 0 Å². The minimum atomic E-state index is -0.216. The minimum absolute atomic E-state index is 0.105. The molecule has 7 nitrogen and oxygen atoms in total. The zero-order chi connectivity index (χ0) is 22.3. The highest BCUT2D eigenvalue weighted by atomic mass is 32.2. The Morgan fingerprint density at radius 3 is 2.56 bits per heavy atom. The van der Waals surface area contributed by atoms with E-state index in [4.69, 9.17) is 4.42 Å². The summed E-state index contributed by atoms with van der Waals surface area (Å²) in [5.41, 5.74) is 1.98. The number of hydrogen-bond donors (Lipinski definition) is 1. The molecule has 166 valence electrons. The Hall–Kier alpha value is -3.13. The van der Waals surface area contributed by atoms with Gasteiger partial charge in [0.05, 0.1) is 11.3 Å². The first-order chi connectivity index (χ1) is 15.6. The number of nitrogens with one attached hydrogen (secondary N) is 1. The number of aromatic nitrogens is 2. The molecule has 2 aromatic carbocycles. The standard InChI is InChI=1S/C24H26N4O3S/c1-28(19-7-3-2-4-8-19)22(29)15-32-21-10-6-5-9-20(21)23(30)26-18-13-11-17(12-14-18)24-27-25-16-31-24/h5-6,9-14,16,19H,2-4,7-8,15H2,1H3,(H,26,30). The van der Waals surface area contributed by atoms with Crippen LogP contribution in [0.5, 0.6) is 0 Å². The van der Waals surface area contributed by atoms with Crippen LogP contribution in [0.15, 0.2) is 64.2 Å². The van der Waals surface area contributed by atoms with E-state index >= 15 is 0 Å². The van der Waals surface area contributed by atoms with Crippen LogP contribution in [-0.2, 0) is 4.79 Å². The van der Waals surface area contributed by atoms with E-state index in [1.807, 2.05) is 42.3 Å². The number of amides is 2. The molecule has 0 aliphatic heterocycles. The van der Waals surface area contributed by atoms with Gasteiger partial charge in [0.25, 0.3) is 5.91 Å². The lowest BCUT2D eigenvalue weighted by molar-refractivity contribution is -0.129. The Labute approximate surface area is 191 Å². The van der Waals surface area contributed by atoms with Gasteiger partial charge in [-0.15, -0.1) is 22.0 Å². The van der Waals surface area contributed by atoms with Crippen molar-refractivity contribution in [3.05, 3.63) is 60.5 Å². The molecule has 8 heteroatoms. The quantitative estimate of drug-likeness (QED) is 0.517. The summed E-state index contributed by atoms with van der Waals surface area (Å²) in [4.78, 5) is 28.3. The predicted octanol–water partition coefficient (Wildman–Crippen LogP) is 4.87. The third kappa shape index (κ3) is 5.37. The van der Waals surface area contributed by atoms with E-state index in [0.29, 0.717) is 28.9 Å². The molecule has 0 spiro atoms. The fraction of sp³-hybridized carbons (Fsp3) is 0.333. The Balaban J connectivity index is 1.38. The van der Waals surface area contributed by atoms with Crippen molar-refractivity contribution in [2.24, 2.45) is 0 Å². The van der Waals surface area contributed by atoms with Crippen molar-refractivity contribution in [2.75, 3.05) is 18.1 Å². The molecule has 0 atom stereocenters. The number of carbonyl (C=O) groups is 2. The summed E-state index contributed by atoms with van der Waals surface area (Å²) < 4.78 is 5.18. The molecule has 2 amide bonds. The average molecular weight is 451 g/mol. The van der Waals surface area contributed by atoms with Gasteiger partial charge in [-0.3, -0.25) is 9.59 Å². The lowest BCUT2D eigenvalue weighted by atomic mass is 9.94. The van der Waals surface area contributed by atoms with Crippen molar-refractivity contribution in [1.29, 1.82) is 0 Å². The molecule has 1 aromatic heterocycles. The van der Waals surface area contributed by atoms with E-state index in [1.165, 1.54) is 37.4 Å². The van der Waals surface area contributed by atoms with E-state index < -0.39 is 0 Å². The molecule has 4 rings (SSSR count). The summed E-state index contributed by atoms with van der Waals surface area (Å²) in [7, 11) is 1.90. The fourth-order valence-electron chi connectivity index (χ4n) is 3.89. The zero-order valence-electron chi connectivity index (χ0n) is 18.0. The third-order valence-corrected chi connectivity index (χ3v) is 6.81. The SMILES string of the molecule is CN(C(=O)CSc1ccccc1C(=O)Nc1ccc(-c2nnco2)cc1)C1CCCCC1. The van der Waals surface area contributed by atoms with Crippen LogP contribution >= 0.6 is 11.8 Å². The van der Waals surface area contributed by atoms with Crippen molar-refractivity contribution >= 4 is 29.3 Å². The molecular formula is C24H26N4O3S. The van der Waals surface area contributed by atoms with Gasteiger partial charge in [0, 0.05) is 29.2 Å². The van der Waals surface area contributed by atoms with Gasteiger partial charge in [0.2, 0.25) is 18.2 Å². The van der Waals surface area contributed by atoms with Crippen molar-refractivity contribution in [3.8, 4) is 11.5 Å². The maximum atomic E-state index is 12.9. The van der Waals surface area contributed by atoms with Crippen LogP contribution in [0.4, 0.5) is 5.69 Å². The Morgan fingerprint density at radius 2 is 1.84 bits per heavy atom. The molecule has 3 aromatic rings. The van der Waals surface area contributed by atoms with Crippen LogP contribution in [0, 0.1) is 0 Å². The van der Waals surface area contributed by atoms with Crippen LogP contribution in [-0.4, -0.2) is 45.8 Å². The molecular weight excluding hydrogens is 424 g/mol. The number of benzene rings is 2. The summed E-state index contributed by atoms with van der Waals surface area (Å²) in [6.07, 6.45) is 7.07. The molecule has 1 saturated carbocycles. The Morgan fingerprint density at radius 1 is 1.09 bits per heavy atom. The van der Waals surface area contributed by atoms with Crippen LogP contribution < -0.4 is 5.32 Å². The molecule has 1 N–H and O–H groups in total. The monoisotopic (exact) mass is 450 g/mol. The summed E-state index contributed by atoms with van der Waals surface area (Å²) >= 11 is 1.41. The smallest absolute Gasteiger partial charge is 0.256 e. The first-order valence-corrected chi connectivity index (χ1v) is 11.8. The lowest BCUT2D eigenvalue weighted by Crippen LogP contribution is -2.39. The van der Waals surface area contributed by atoms with Gasteiger partial charge in [-0.1, -0.05) is 31.4 Å². The molecule has 32 heavy (non-hydrogen) atoms. The Bertz CT molecular complexity index is 1050. The molecule has 1 fully saturated rings. The van der Waals surface area contributed by atoms with E-state index in [2.05, 4.69) is 15.5 Å². The van der Waals surface area contributed by atoms with Gasteiger partial charge < -0.3 is 14.6 Å². The Kier molecular flexibility index (Phi) is 7.21. The molecule has 1 aliphatic carbocycles. The van der Waals surface area contributed by atoms with Gasteiger partial charge >= 0.3 is 0 Å². The van der Waals surface area contributed by atoms with Crippen LogP contribution in [0.25, 0.3) is 11.5 Å². The molecule has 1 heterocycles. The summed E-state index contributed by atoms with van der Waals surface area (Å²) in [6, 6.07) is 14.9. The van der Waals surface area contributed by atoms with E-state index in [1.54, 1.807) is 18.2 Å². The van der Waals surface area contributed by atoms with Crippen molar-refractivity contribution in [3.63, 3.8) is 0 Å². The summed E-state index contributed by atoms with van der Waals surface area (Å²) in [5.74, 6) is 0.629. The van der Waals surface area contributed by atoms with E-state index in [-0.39, 0.29) is 11.8 Å². The van der Waals surface area contributed by atoms with Crippen molar-refractivity contribution in [1.82, 2.24) is 15.1 Å². The fourth-order valence-corrected chi connectivity index (χ4v) is 4.86. The van der Waals surface area contributed by atoms with Crippen molar-refractivity contribution in [2.45, 2.75) is 43.0 Å². The van der Waals surface area contributed by atoms with Crippen LogP contribution in [0.3, 0.4) is 0 Å². The highest BCUT2D eigenvalue weighted by Gasteiger charge is 2.22. The van der Waals surface area contributed by atoms with E-state index in [0.717, 1.165) is 23.3 Å². The number of anilines is 1. The first-order valence-electron chi connectivity index (χ1n) is 10.8. The molecule has 0 bridgehead atoms. The maximum absolute atomic E-state index is 12.9. The van der Waals surface area contributed by atoms with E-state index in [9.17, 15) is 9.59 Å². The molecule has 0 radical (unpaired) electrons. The second-order valence-electron chi connectivity index (χ2n) is 7.86. The second kappa shape index (κ2) is 10.5. The molecule has 0 saturated heterocycles. The van der Waals surface area contributed by atoms with Gasteiger partial charge in [-0.05, 0) is 49.2 Å². The van der Waals surface area contributed by atoms with Crippen LogP contribution in [0.1, 0.15) is 42.5 Å². The molecule has 1 aliphatic rings. The zero-order valence-corrected chi connectivity index (χ0v) is 18.8.